The molecular formula is C11H19NO3S. The lowest BCUT2D eigenvalue weighted by molar-refractivity contribution is 0.0981. The maximum atomic E-state index is 11.8. The van der Waals surface area contributed by atoms with Crippen molar-refractivity contribution in [3.63, 3.8) is 0 Å². The summed E-state index contributed by atoms with van der Waals surface area (Å²) in [6.07, 6.45) is 8.68. The Kier molecular flexibility index (Phi) is 5.81. The molecule has 92 valence electrons. The van der Waals surface area contributed by atoms with Crippen LogP contribution in [0, 0.1) is 12.3 Å². The van der Waals surface area contributed by atoms with E-state index in [0.717, 1.165) is 12.8 Å². The van der Waals surface area contributed by atoms with Crippen LogP contribution in [0.25, 0.3) is 0 Å². The molecule has 0 unspecified atom stereocenters. The van der Waals surface area contributed by atoms with Gasteiger partial charge in [-0.2, -0.15) is 0 Å². The maximum Gasteiger partial charge on any atom is 0.214 e. The first-order valence-corrected chi connectivity index (χ1v) is 7.21. The minimum absolute atomic E-state index is 0.283. The second-order valence-corrected chi connectivity index (χ2v) is 5.96. The molecule has 1 fully saturated rings. The molecule has 0 aromatic rings. The predicted molar refractivity (Wildman–Crippen MR) is 63.4 cm³/mol. The van der Waals surface area contributed by atoms with E-state index in [1.54, 1.807) is 0 Å². The zero-order valence-electron chi connectivity index (χ0n) is 9.44. The molecule has 0 amide bonds. The van der Waals surface area contributed by atoms with E-state index >= 15 is 0 Å². The second-order valence-electron chi connectivity index (χ2n) is 3.91. The first-order chi connectivity index (χ1) is 7.67. The zero-order valence-corrected chi connectivity index (χ0v) is 10.3. The standard InChI is InChI=1S/C11H19NO3S/c1-2-3-4-5-8-12-16(13,14)11-6-9-15-10-7-11/h1,11-12H,3-10H2. The van der Waals surface area contributed by atoms with Crippen molar-refractivity contribution in [1.29, 1.82) is 0 Å². The largest absolute Gasteiger partial charge is 0.381 e. The molecule has 1 heterocycles. The van der Waals surface area contributed by atoms with E-state index < -0.39 is 10.0 Å². The van der Waals surface area contributed by atoms with Crippen LogP contribution in [0.4, 0.5) is 0 Å². The molecule has 4 nitrogen and oxygen atoms in total. The molecule has 0 radical (unpaired) electrons. The lowest BCUT2D eigenvalue weighted by Crippen LogP contribution is -2.38. The summed E-state index contributed by atoms with van der Waals surface area (Å²) in [7, 11) is -3.15. The Morgan fingerprint density at radius 1 is 1.31 bits per heavy atom. The fourth-order valence-corrected chi connectivity index (χ4v) is 3.15. The summed E-state index contributed by atoms with van der Waals surface area (Å²) >= 11 is 0. The number of terminal acetylenes is 1. The molecule has 5 heteroatoms. The highest BCUT2D eigenvalue weighted by molar-refractivity contribution is 7.90. The third-order valence-electron chi connectivity index (χ3n) is 2.66. The van der Waals surface area contributed by atoms with Gasteiger partial charge in [0.1, 0.15) is 0 Å². The molecule has 0 aromatic heterocycles. The molecule has 1 aliphatic heterocycles. The Balaban J connectivity index is 2.25. The Morgan fingerprint density at radius 3 is 2.62 bits per heavy atom. The van der Waals surface area contributed by atoms with Gasteiger partial charge in [0.15, 0.2) is 0 Å². The average Bonchev–Trinajstić information content (AvgIpc) is 2.30. The molecule has 0 saturated carbocycles. The smallest absolute Gasteiger partial charge is 0.214 e. The number of nitrogens with one attached hydrogen (secondary N) is 1. The van der Waals surface area contributed by atoms with E-state index in [2.05, 4.69) is 10.6 Å². The van der Waals surface area contributed by atoms with E-state index in [4.69, 9.17) is 11.2 Å². The summed E-state index contributed by atoms with van der Waals surface area (Å²) in [6, 6.07) is 0. The SMILES string of the molecule is C#CCCCCNS(=O)(=O)C1CCOCC1. The molecule has 0 bridgehead atoms. The van der Waals surface area contributed by atoms with Crippen molar-refractivity contribution in [3.8, 4) is 12.3 Å². The van der Waals surface area contributed by atoms with Gasteiger partial charge in [0, 0.05) is 26.2 Å². The summed E-state index contributed by atoms with van der Waals surface area (Å²) in [5.74, 6) is 2.53. The first kappa shape index (κ1) is 13.5. The predicted octanol–water partition coefficient (Wildman–Crippen LogP) is 0.888. The van der Waals surface area contributed by atoms with Crippen molar-refractivity contribution in [3.05, 3.63) is 0 Å². The molecule has 16 heavy (non-hydrogen) atoms. The maximum absolute atomic E-state index is 11.8. The summed E-state index contributed by atoms with van der Waals surface area (Å²) in [4.78, 5) is 0. The highest BCUT2D eigenvalue weighted by atomic mass is 32.2. The molecule has 1 N–H and O–H groups in total. The number of ether oxygens (including phenoxy) is 1. The molecule has 0 aromatic carbocycles. The Labute approximate surface area is 97.8 Å². The normalized spacial score (nSPS) is 18.2. The molecule has 1 rings (SSSR count). The van der Waals surface area contributed by atoms with Gasteiger partial charge in [-0.1, -0.05) is 0 Å². The van der Waals surface area contributed by atoms with Crippen molar-refractivity contribution in [2.24, 2.45) is 0 Å². The quantitative estimate of drug-likeness (QED) is 0.558. The summed E-state index contributed by atoms with van der Waals surface area (Å²) in [5, 5.41) is -0.283. The van der Waals surface area contributed by atoms with Crippen LogP contribution in [0.3, 0.4) is 0 Å². The Morgan fingerprint density at radius 2 is 2.00 bits per heavy atom. The summed E-state index contributed by atoms with van der Waals surface area (Å²) < 4.78 is 31.4. The van der Waals surface area contributed by atoms with Gasteiger partial charge >= 0.3 is 0 Å². The highest BCUT2D eigenvalue weighted by Gasteiger charge is 2.26. The number of hydrogen-bond donors (Lipinski definition) is 1. The van der Waals surface area contributed by atoms with Gasteiger partial charge in [0.2, 0.25) is 10.0 Å². The van der Waals surface area contributed by atoms with Crippen LogP contribution in [0.15, 0.2) is 0 Å². The summed E-state index contributed by atoms with van der Waals surface area (Å²) in [6.45, 7) is 1.58. The second kappa shape index (κ2) is 6.89. The van der Waals surface area contributed by atoms with Crippen LogP contribution >= 0.6 is 0 Å². The van der Waals surface area contributed by atoms with E-state index in [-0.39, 0.29) is 5.25 Å². The van der Waals surface area contributed by atoms with Crippen LogP contribution < -0.4 is 4.72 Å². The van der Waals surface area contributed by atoms with Gasteiger partial charge in [0.05, 0.1) is 5.25 Å². The third kappa shape index (κ3) is 4.52. The van der Waals surface area contributed by atoms with E-state index in [1.165, 1.54) is 0 Å². The molecule has 0 spiro atoms. The molecule has 0 atom stereocenters. The van der Waals surface area contributed by atoms with E-state index in [9.17, 15) is 8.42 Å². The van der Waals surface area contributed by atoms with Crippen LogP contribution in [0.2, 0.25) is 0 Å². The number of hydrogen-bond acceptors (Lipinski definition) is 3. The van der Waals surface area contributed by atoms with Gasteiger partial charge in [-0.05, 0) is 25.7 Å². The van der Waals surface area contributed by atoms with Gasteiger partial charge in [-0.15, -0.1) is 12.3 Å². The van der Waals surface area contributed by atoms with Crippen molar-refractivity contribution < 1.29 is 13.2 Å². The minimum atomic E-state index is -3.15. The van der Waals surface area contributed by atoms with Gasteiger partial charge in [-0.25, -0.2) is 13.1 Å². The fourth-order valence-electron chi connectivity index (χ4n) is 1.67. The summed E-state index contributed by atoms with van der Waals surface area (Å²) in [5.41, 5.74) is 0. The lowest BCUT2D eigenvalue weighted by Gasteiger charge is -2.22. The number of sulfonamides is 1. The lowest BCUT2D eigenvalue weighted by atomic mass is 10.2. The van der Waals surface area contributed by atoms with Crippen molar-refractivity contribution in [2.75, 3.05) is 19.8 Å². The van der Waals surface area contributed by atoms with Crippen LogP contribution in [-0.4, -0.2) is 33.4 Å². The average molecular weight is 245 g/mol. The Hall–Kier alpha value is -0.570. The molecule has 1 aliphatic rings. The van der Waals surface area contributed by atoms with Crippen molar-refractivity contribution >= 4 is 10.0 Å². The van der Waals surface area contributed by atoms with Crippen LogP contribution in [0.5, 0.6) is 0 Å². The zero-order chi connectivity index (χ0) is 11.9. The van der Waals surface area contributed by atoms with Crippen molar-refractivity contribution in [2.45, 2.75) is 37.4 Å². The van der Waals surface area contributed by atoms with Gasteiger partial charge in [-0.3, -0.25) is 0 Å². The van der Waals surface area contributed by atoms with Crippen LogP contribution in [-0.2, 0) is 14.8 Å². The Bertz CT molecular complexity index is 326. The van der Waals surface area contributed by atoms with Crippen LogP contribution in [0.1, 0.15) is 32.1 Å². The molecule has 0 aliphatic carbocycles. The van der Waals surface area contributed by atoms with Gasteiger partial charge in [0.25, 0.3) is 0 Å². The molecular weight excluding hydrogens is 226 g/mol. The minimum Gasteiger partial charge on any atom is -0.381 e. The van der Waals surface area contributed by atoms with Gasteiger partial charge < -0.3 is 4.74 Å². The van der Waals surface area contributed by atoms with E-state index in [1.807, 2.05) is 0 Å². The number of rotatable bonds is 6. The monoisotopic (exact) mass is 245 g/mol. The van der Waals surface area contributed by atoms with Crippen molar-refractivity contribution in [1.82, 2.24) is 4.72 Å². The molecule has 1 saturated heterocycles. The number of unbranched alkanes of at least 4 members (excludes halogenated alkanes) is 2. The van der Waals surface area contributed by atoms with E-state index in [0.29, 0.717) is 39.0 Å². The highest BCUT2D eigenvalue weighted by Crippen LogP contribution is 2.14. The first-order valence-electron chi connectivity index (χ1n) is 5.66. The topological polar surface area (TPSA) is 55.4 Å². The fraction of sp³-hybridized carbons (Fsp3) is 0.818. The third-order valence-corrected chi connectivity index (χ3v) is 4.61.